The summed E-state index contributed by atoms with van der Waals surface area (Å²) in [5.74, 6) is -0.341. The normalized spacial score (nSPS) is 19.4. The highest BCUT2D eigenvalue weighted by molar-refractivity contribution is 6.05. The minimum Gasteiger partial charge on any atom is -0.355 e. The summed E-state index contributed by atoms with van der Waals surface area (Å²) in [6.45, 7) is 6.34. The van der Waals surface area contributed by atoms with Crippen molar-refractivity contribution in [2.24, 2.45) is 0 Å². The van der Waals surface area contributed by atoms with Gasteiger partial charge in [-0.2, -0.15) is 0 Å². The molecule has 0 aliphatic carbocycles. The van der Waals surface area contributed by atoms with Gasteiger partial charge in [0.2, 0.25) is 17.7 Å². The molecule has 0 aromatic carbocycles. The molecule has 1 rings (SSSR count). The number of carbonyl (C=O) groups is 3. The third-order valence-corrected chi connectivity index (χ3v) is 3.38. The number of rotatable bonds is 7. The summed E-state index contributed by atoms with van der Waals surface area (Å²) in [7, 11) is 0. The number of imide groups is 1. The number of hydrogen-bond acceptors (Lipinski definition) is 4. The number of hydrogen-bond donors (Lipinski definition) is 2. The maximum Gasteiger partial charge on any atom is 0.247 e. The molecule has 19 heavy (non-hydrogen) atoms. The van der Waals surface area contributed by atoms with E-state index in [2.05, 4.69) is 10.6 Å². The lowest BCUT2D eigenvalue weighted by atomic mass is 10.1. The first-order valence-corrected chi connectivity index (χ1v) is 6.84. The largest absolute Gasteiger partial charge is 0.355 e. The number of likely N-dealkylation sites (tertiary alicyclic amines) is 1. The Labute approximate surface area is 113 Å². The Morgan fingerprint density at radius 3 is 2.47 bits per heavy atom. The van der Waals surface area contributed by atoms with E-state index in [0.29, 0.717) is 13.1 Å². The Kier molecular flexibility index (Phi) is 5.95. The number of amides is 3. The minimum atomic E-state index is -0.443. The van der Waals surface area contributed by atoms with Gasteiger partial charge in [0.05, 0.1) is 12.5 Å². The standard InChI is InChI=1S/C13H23N3O3/c1-4-10(5-2)16-12(18)8-11(13(16)19)15-7-6-14-9(3)17/h10-11,15H,4-8H2,1-3H3,(H,14,17). The van der Waals surface area contributed by atoms with Gasteiger partial charge in [0.15, 0.2) is 0 Å². The van der Waals surface area contributed by atoms with Crippen LogP contribution < -0.4 is 10.6 Å². The maximum atomic E-state index is 12.2. The van der Waals surface area contributed by atoms with Crippen LogP contribution in [0.1, 0.15) is 40.0 Å². The van der Waals surface area contributed by atoms with Crippen LogP contribution >= 0.6 is 0 Å². The molecular weight excluding hydrogens is 246 g/mol. The zero-order valence-corrected chi connectivity index (χ0v) is 11.9. The number of carbonyl (C=O) groups excluding carboxylic acids is 3. The van der Waals surface area contributed by atoms with Crippen LogP contribution in [0.5, 0.6) is 0 Å². The Hall–Kier alpha value is -1.43. The van der Waals surface area contributed by atoms with Crippen molar-refractivity contribution < 1.29 is 14.4 Å². The average Bonchev–Trinajstić information content (AvgIpc) is 2.64. The van der Waals surface area contributed by atoms with E-state index < -0.39 is 6.04 Å². The van der Waals surface area contributed by atoms with Crippen LogP contribution in [0.2, 0.25) is 0 Å². The molecule has 1 heterocycles. The third-order valence-electron chi connectivity index (χ3n) is 3.38. The third kappa shape index (κ3) is 4.02. The summed E-state index contributed by atoms with van der Waals surface area (Å²) in [5, 5.41) is 5.66. The summed E-state index contributed by atoms with van der Waals surface area (Å²) in [4.78, 5) is 36.2. The minimum absolute atomic E-state index is 0.00199. The summed E-state index contributed by atoms with van der Waals surface area (Å²) >= 11 is 0. The van der Waals surface area contributed by atoms with Crippen molar-refractivity contribution in [2.75, 3.05) is 13.1 Å². The van der Waals surface area contributed by atoms with Crippen LogP contribution in [0.15, 0.2) is 0 Å². The summed E-state index contributed by atoms with van der Waals surface area (Å²) in [5.41, 5.74) is 0. The van der Waals surface area contributed by atoms with E-state index in [1.54, 1.807) is 0 Å². The van der Waals surface area contributed by atoms with E-state index in [9.17, 15) is 14.4 Å². The van der Waals surface area contributed by atoms with Crippen LogP contribution in [0.4, 0.5) is 0 Å². The first-order chi connectivity index (χ1) is 9.01. The van der Waals surface area contributed by atoms with Crippen LogP contribution in [-0.2, 0) is 14.4 Å². The van der Waals surface area contributed by atoms with Gasteiger partial charge in [-0.05, 0) is 12.8 Å². The van der Waals surface area contributed by atoms with Crippen molar-refractivity contribution in [2.45, 2.75) is 52.1 Å². The van der Waals surface area contributed by atoms with Gasteiger partial charge in [-0.25, -0.2) is 0 Å². The monoisotopic (exact) mass is 269 g/mol. The van der Waals surface area contributed by atoms with E-state index in [1.165, 1.54) is 11.8 Å². The highest BCUT2D eigenvalue weighted by Gasteiger charge is 2.40. The number of nitrogens with zero attached hydrogens (tertiary/aromatic N) is 1. The average molecular weight is 269 g/mol. The summed E-state index contributed by atoms with van der Waals surface area (Å²) < 4.78 is 0. The molecule has 0 radical (unpaired) electrons. The van der Waals surface area contributed by atoms with E-state index in [-0.39, 0.29) is 30.2 Å². The molecule has 0 spiro atoms. The SMILES string of the molecule is CCC(CC)N1C(=O)CC(NCCNC(C)=O)C1=O. The van der Waals surface area contributed by atoms with E-state index in [4.69, 9.17) is 0 Å². The Morgan fingerprint density at radius 1 is 1.32 bits per heavy atom. The fourth-order valence-electron chi connectivity index (χ4n) is 2.33. The first kappa shape index (κ1) is 15.6. The van der Waals surface area contributed by atoms with E-state index in [1.807, 2.05) is 13.8 Å². The smallest absolute Gasteiger partial charge is 0.247 e. The van der Waals surface area contributed by atoms with Crippen LogP contribution in [0.3, 0.4) is 0 Å². The predicted octanol–water partition coefficient (Wildman–Crippen LogP) is 0.0282. The Bertz CT molecular complexity index is 353. The molecule has 1 atom stereocenters. The molecule has 0 bridgehead atoms. The highest BCUT2D eigenvalue weighted by Crippen LogP contribution is 2.19. The predicted molar refractivity (Wildman–Crippen MR) is 71.3 cm³/mol. The van der Waals surface area contributed by atoms with Crippen LogP contribution in [0, 0.1) is 0 Å². The second-order valence-electron chi connectivity index (χ2n) is 4.77. The molecular formula is C13H23N3O3. The molecule has 6 nitrogen and oxygen atoms in total. The first-order valence-electron chi connectivity index (χ1n) is 6.84. The lowest BCUT2D eigenvalue weighted by Gasteiger charge is -2.24. The van der Waals surface area contributed by atoms with Gasteiger partial charge < -0.3 is 10.6 Å². The Balaban J connectivity index is 2.48. The molecule has 0 aromatic heterocycles. The van der Waals surface area contributed by atoms with Crippen LogP contribution in [-0.4, -0.2) is 47.8 Å². The van der Waals surface area contributed by atoms with Gasteiger partial charge in [-0.1, -0.05) is 13.8 Å². The van der Waals surface area contributed by atoms with Gasteiger partial charge in [0.1, 0.15) is 0 Å². The molecule has 2 N–H and O–H groups in total. The van der Waals surface area contributed by atoms with Gasteiger partial charge in [-0.3, -0.25) is 19.3 Å². The van der Waals surface area contributed by atoms with Crippen LogP contribution in [0.25, 0.3) is 0 Å². The summed E-state index contributed by atoms with van der Waals surface area (Å²) in [6, 6.07) is -0.441. The molecule has 1 fully saturated rings. The van der Waals surface area contributed by atoms with Gasteiger partial charge in [-0.15, -0.1) is 0 Å². The molecule has 1 aliphatic heterocycles. The second-order valence-corrected chi connectivity index (χ2v) is 4.77. The topological polar surface area (TPSA) is 78.5 Å². The fourth-order valence-corrected chi connectivity index (χ4v) is 2.33. The Morgan fingerprint density at radius 2 is 1.95 bits per heavy atom. The van der Waals surface area contributed by atoms with Gasteiger partial charge in [0, 0.05) is 26.1 Å². The van der Waals surface area contributed by atoms with Crippen molar-refractivity contribution in [1.82, 2.24) is 15.5 Å². The zero-order valence-electron chi connectivity index (χ0n) is 11.9. The van der Waals surface area contributed by atoms with Crippen molar-refractivity contribution in [1.29, 1.82) is 0 Å². The quantitative estimate of drug-likeness (QED) is 0.505. The van der Waals surface area contributed by atoms with E-state index >= 15 is 0 Å². The van der Waals surface area contributed by atoms with Crippen molar-refractivity contribution in [3.8, 4) is 0 Å². The molecule has 1 saturated heterocycles. The lowest BCUT2D eigenvalue weighted by molar-refractivity contribution is -0.141. The zero-order chi connectivity index (χ0) is 14.4. The van der Waals surface area contributed by atoms with Crippen molar-refractivity contribution in [3.05, 3.63) is 0 Å². The highest BCUT2D eigenvalue weighted by atomic mass is 16.2. The van der Waals surface area contributed by atoms with Crippen molar-refractivity contribution in [3.63, 3.8) is 0 Å². The summed E-state index contributed by atoms with van der Waals surface area (Å²) in [6.07, 6.45) is 1.79. The molecule has 0 aromatic rings. The molecule has 3 amide bonds. The van der Waals surface area contributed by atoms with Gasteiger partial charge >= 0.3 is 0 Å². The molecule has 108 valence electrons. The molecule has 6 heteroatoms. The lowest BCUT2D eigenvalue weighted by Crippen LogP contribution is -2.45. The van der Waals surface area contributed by atoms with E-state index in [0.717, 1.165) is 12.8 Å². The van der Waals surface area contributed by atoms with Gasteiger partial charge in [0.25, 0.3) is 0 Å². The molecule has 0 saturated carbocycles. The molecule has 1 unspecified atom stereocenters. The van der Waals surface area contributed by atoms with Crippen molar-refractivity contribution >= 4 is 17.7 Å². The number of nitrogens with one attached hydrogen (secondary N) is 2. The molecule has 1 aliphatic rings. The second kappa shape index (κ2) is 7.23. The fraction of sp³-hybridized carbons (Fsp3) is 0.769. The maximum absolute atomic E-state index is 12.2.